The molecule has 0 aliphatic carbocycles. The van der Waals surface area contributed by atoms with Gasteiger partial charge in [-0.2, -0.15) is 0 Å². The molecule has 7 heterocycles. The Morgan fingerprint density at radius 1 is 0.370 bits per heavy atom. The summed E-state index contributed by atoms with van der Waals surface area (Å²) >= 11 is 7.37. The molecular weight excluding hydrogens is 1130 g/mol. The van der Waals surface area contributed by atoms with Gasteiger partial charge in [-0.05, 0) is 114 Å². The summed E-state index contributed by atoms with van der Waals surface area (Å²) < 4.78 is 6.84. The molecule has 7 aromatic heterocycles. The van der Waals surface area contributed by atoms with Crippen LogP contribution in [0.2, 0.25) is 0 Å². The van der Waals surface area contributed by atoms with Gasteiger partial charge < -0.3 is 19.2 Å². The molecule has 81 heavy (non-hydrogen) atoms. The summed E-state index contributed by atoms with van der Waals surface area (Å²) in [5.41, 5.74) is 13.9. The molecule has 0 aliphatic rings. The molecule has 384 valence electrons. The van der Waals surface area contributed by atoms with Gasteiger partial charge in [-0.3, -0.25) is 15.0 Å². The largest absolute Gasteiger partial charge is 0.508 e. The molecule has 0 radical (unpaired) electrons. The second-order valence-corrected chi connectivity index (χ2v) is 21.5. The van der Waals surface area contributed by atoms with Crippen LogP contribution in [0.3, 0.4) is 0 Å². The van der Waals surface area contributed by atoms with Gasteiger partial charge in [0.2, 0.25) is 0 Å². The van der Waals surface area contributed by atoms with Gasteiger partial charge in [0.25, 0.3) is 0 Å². The van der Waals surface area contributed by atoms with Crippen LogP contribution in [-0.4, -0.2) is 51.2 Å². The zero-order valence-corrected chi connectivity index (χ0v) is 46.3. The maximum Gasteiger partial charge on any atom is 0.508 e. The standard InChI is InChI=1S/C39H24N4.C21H12Br2N2.C9H8BNO2/c1-5-13-34-25(8-1)15-18-36(41-34)27-17-20-38-32(22-27)33-23-31(37-19-16-26-9-2-6-14-35(26)42-37)29-11-3-4-12-30(29)39(33)43(38)28-10-7-21-40-24-28;22-13-7-8-20-17(10-13)18-11-19(23)15-5-1-2-6-16(15)21(18)25(20)14-4-3-9-24-12-14;12-10(13)9-6-5-7-3-1-2-4-8(7)11-9/h1-24H;1-12H;1-6,12-13H. The van der Waals surface area contributed by atoms with E-state index in [9.17, 15) is 0 Å². The lowest BCUT2D eigenvalue weighted by atomic mass is 9.85. The minimum atomic E-state index is -1.50. The van der Waals surface area contributed by atoms with Gasteiger partial charge in [0.05, 0.1) is 79.4 Å². The highest BCUT2D eigenvalue weighted by molar-refractivity contribution is 9.11. The molecule has 0 bridgehead atoms. The van der Waals surface area contributed by atoms with Crippen LogP contribution in [0.4, 0.5) is 0 Å². The second-order valence-electron chi connectivity index (χ2n) is 19.7. The Balaban J connectivity index is 0.000000129. The minimum absolute atomic E-state index is 0.277. The molecule has 2 N–H and O–H groups in total. The van der Waals surface area contributed by atoms with Crippen molar-refractivity contribution in [3.05, 3.63) is 264 Å². The summed E-state index contributed by atoms with van der Waals surface area (Å²) in [7, 11) is -1.50. The number of aromatic nitrogens is 7. The van der Waals surface area contributed by atoms with Gasteiger partial charge in [0.1, 0.15) is 0 Å². The predicted octanol–water partition coefficient (Wildman–Crippen LogP) is 16.5. The van der Waals surface area contributed by atoms with Crippen LogP contribution in [0, 0.1) is 0 Å². The van der Waals surface area contributed by atoms with Gasteiger partial charge in [0, 0.05) is 80.9 Å². The summed E-state index contributed by atoms with van der Waals surface area (Å²) in [5.74, 6) is 0. The SMILES string of the molecule is Brc1ccc2c(c1)c1cc(Br)c3ccccc3c1n2-c1cccnc1.OB(O)c1ccc2ccccc2n1.c1cncc(-n2c3ccc(-c4ccc5ccccc5n4)cc3c3cc(-c4ccc5ccccc5n4)c4ccccc4c32)c1. The number of hydrogen-bond acceptors (Lipinski definition) is 7. The molecule has 0 amide bonds. The molecule has 0 fully saturated rings. The lowest BCUT2D eigenvalue weighted by molar-refractivity contribution is 0.424. The van der Waals surface area contributed by atoms with E-state index in [1.54, 1.807) is 6.07 Å². The van der Waals surface area contributed by atoms with Crippen molar-refractivity contribution in [3.63, 3.8) is 0 Å². The molecule has 16 rings (SSSR count). The molecule has 0 spiro atoms. The normalized spacial score (nSPS) is 11.5. The monoisotopic (exact) mass is 1170 g/mol. The summed E-state index contributed by atoms with van der Waals surface area (Å²) in [6.07, 6.45) is 7.48. The first-order valence-electron chi connectivity index (χ1n) is 26.4. The molecular formula is C69H44BBr2N7O2. The highest BCUT2D eigenvalue weighted by Crippen LogP contribution is 2.43. The molecule has 9 aromatic carbocycles. The fourth-order valence-corrected chi connectivity index (χ4v) is 12.2. The van der Waals surface area contributed by atoms with E-state index in [-0.39, 0.29) is 5.59 Å². The molecule has 16 aromatic rings. The number of halogens is 2. The predicted molar refractivity (Wildman–Crippen MR) is 341 cm³/mol. The van der Waals surface area contributed by atoms with Gasteiger partial charge >= 0.3 is 7.12 Å². The van der Waals surface area contributed by atoms with E-state index in [2.05, 4.69) is 226 Å². The number of rotatable bonds is 5. The molecule has 0 aliphatic heterocycles. The summed E-state index contributed by atoms with van der Waals surface area (Å²) in [6, 6.07) is 79.1. The van der Waals surface area contributed by atoms with Crippen LogP contribution in [0.15, 0.2) is 264 Å². The van der Waals surface area contributed by atoms with E-state index in [0.29, 0.717) is 0 Å². The van der Waals surface area contributed by atoms with E-state index < -0.39 is 7.12 Å². The van der Waals surface area contributed by atoms with Crippen molar-refractivity contribution in [1.82, 2.24) is 34.1 Å². The fraction of sp³-hybridized carbons (Fsp3) is 0. The Kier molecular flexibility index (Phi) is 12.9. The van der Waals surface area contributed by atoms with Crippen molar-refractivity contribution in [2.24, 2.45) is 0 Å². The first kappa shape index (κ1) is 49.8. The quantitative estimate of drug-likeness (QED) is 0.165. The average molecular weight is 1170 g/mol. The minimum Gasteiger partial charge on any atom is -0.422 e. The average Bonchev–Trinajstić information content (AvgIpc) is 4.14. The number of para-hydroxylation sites is 3. The molecule has 9 nitrogen and oxygen atoms in total. The Labute approximate surface area is 481 Å². The number of nitrogens with zero attached hydrogens (tertiary/aromatic N) is 7. The maximum absolute atomic E-state index is 8.88. The Hall–Kier alpha value is -9.43. The maximum atomic E-state index is 8.88. The highest BCUT2D eigenvalue weighted by atomic mass is 79.9. The lowest BCUT2D eigenvalue weighted by Crippen LogP contribution is -2.32. The van der Waals surface area contributed by atoms with Crippen LogP contribution in [0.1, 0.15) is 0 Å². The topological polar surface area (TPSA) is 115 Å². The van der Waals surface area contributed by atoms with Crippen LogP contribution < -0.4 is 5.59 Å². The summed E-state index contributed by atoms with van der Waals surface area (Å²) in [5, 5.41) is 30.6. The first-order valence-corrected chi connectivity index (χ1v) is 28.0. The summed E-state index contributed by atoms with van der Waals surface area (Å²) in [6.45, 7) is 0. The second kappa shape index (κ2) is 21.0. The van der Waals surface area contributed by atoms with Crippen molar-refractivity contribution >= 4 is 142 Å². The third-order valence-electron chi connectivity index (χ3n) is 14.9. The van der Waals surface area contributed by atoms with Gasteiger partial charge in [-0.1, -0.05) is 159 Å². The smallest absolute Gasteiger partial charge is 0.422 e. The van der Waals surface area contributed by atoms with Crippen LogP contribution in [0.25, 0.3) is 132 Å². The van der Waals surface area contributed by atoms with E-state index >= 15 is 0 Å². The van der Waals surface area contributed by atoms with Crippen molar-refractivity contribution in [3.8, 4) is 33.9 Å². The zero-order valence-electron chi connectivity index (χ0n) is 43.1. The van der Waals surface area contributed by atoms with E-state index in [0.717, 1.165) is 86.6 Å². The van der Waals surface area contributed by atoms with Gasteiger partial charge in [0.15, 0.2) is 0 Å². The first-order chi connectivity index (χ1) is 39.8. The number of benzene rings is 9. The van der Waals surface area contributed by atoms with Crippen molar-refractivity contribution in [2.45, 2.75) is 0 Å². The fourth-order valence-electron chi connectivity index (χ4n) is 11.2. The molecule has 0 unspecified atom stereocenters. The number of hydrogen-bond donors (Lipinski definition) is 2. The van der Waals surface area contributed by atoms with Gasteiger partial charge in [-0.15, -0.1) is 0 Å². The number of pyridine rings is 5. The van der Waals surface area contributed by atoms with Crippen molar-refractivity contribution in [1.29, 1.82) is 0 Å². The van der Waals surface area contributed by atoms with Crippen molar-refractivity contribution < 1.29 is 10.0 Å². The molecule has 0 saturated carbocycles. The van der Waals surface area contributed by atoms with E-state index in [1.165, 1.54) is 54.1 Å². The summed E-state index contributed by atoms with van der Waals surface area (Å²) in [4.78, 5) is 23.0. The molecule has 12 heteroatoms. The molecule has 0 saturated heterocycles. The molecule has 0 atom stereocenters. The highest BCUT2D eigenvalue weighted by Gasteiger charge is 2.21. The van der Waals surface area contributed by atoms with E-state index in [4.69, 9.17) is 20.0 Å². The lowest BCUT2D eigenvalue weighted by Gasteiger charge is -2.12. The third kappa shape index (κ3) is 9.14. The Morgan fingerprint density at radius 2 is 0.864 bits per heavy atom. The van der Waals surface area contributed by atoms with Crippen LogP contribution in [-0.2, 0) is 0 Å². The van der Waals surface area contributed by atoms with E-state index in [1.807, 2.05) is 79.4 Å². The van der Waals surface area contributed by atoms with Gasteiger partial charge in [-0.25, -0.2) is 9.97 Å². The van der Waals surface area contributed by atoms with Crippen LogP contribution >= 0.6 is 31.9 Å². The number of fused-ring (bicyclic) bond motifs is 13. The Bertz CT molecular complexity index is 5090. The third-order valence-corrected chi connectivity index (χ3v) is 16.1. The van der Waals surface area contributed by atoms with Crippen molar-refractivity contribution in [2.75, 3.05) is 0 Å². The zero-order chi connectivity index (χ0) is 54.6. The van der Waals surface area contributed by atoms with Crippen LogP contribution in [0.5, 0.6) is 0 Å². The Morgan fingerprint density at radius 3 is 1.47 bits per heavy atom.